The van der Waals surface area contributed by atoms with Gasteiger partial charge < -0.3 is 34.5 Å². The van der Waals surface area contributed by atoms with Crippen LogP contribution in [0.25, 0.3) is 0 Å². The Kier molecular flexibility index (Phi) is 3.29. The number of nitrogens with zero attached hydrogens (tertiary/aromatic N) is 6. The van der Waals surface area contributed by atoms with Crippen molar-refractivity contribution < 1.29 is 0 Å². The van der Waals surface area contributed by atoms with Gasteiger partial charge in [-0.05, 0) is 0 Å². The average molecular weight is 240 g/mol. The molecule has 12 nitrogen and oxygen atoms in total. The van der Waals surface area contributed by atoms with E-state index in [4.69, 9.17) is 34.5 Å². The van der Waals surface area contributed by atoms with Crippen LogP contribution in [0.15, 0.2) is 0 Å². The molecule has 0 amide bonds. The number of nitrogen functional groups attached to an aromatic ring is 6. The summed E-state index contributed by atoms with van der Waals surface area (Å²) in [5, 5.41) is 6.71. The Morgan fingerprint density at radius 3 is 1.12 bits per heavy atom. The monoisotopic (exact) mass is 240 g/mol. The van der Waals surface area contributed by atoms with Crippen LogP contribution in [0.5, 0.6) is 0 Å². The summed E-state index contributed by atoms with van der Waals surface area (Å²) in [6, 6.07) is 0. The highest BCUT2D eigenvalue weighted by Gasteiger charge is 1.97. The molecule has 0 spiro atoms. The minimum Gasteiger partial charge on any atom is -0.368 e. The number of hydrogen-bond acceptors (Lipinski definition) is 11. The summed E-state index contributed by atoms with van der Waals surface area (Å²) in [5.74, 6) is 5.50. The van der Waals surface area contributed by atoms with E-state index in [-0.39, 0.29) is 29.7 Å². The fourth-order valence-electron chi connectivity index (χ4n) is 0.743. The Morgan fingerprint density at radius 2 is 0.941 bits per heavy atom. The van der Waals surface area contributed by atoms with Gasteiger partial charge in [0.05, 0.1) is 0 Å². The number of hydrogen-bond donors (Lipinski definition) is 6. The fraction of sp³-hybridized carbons (Fsp3) is 0. The first kappa shape index (κ1) is 12.0. The van der Waals surface area contributed by atoms with Crippen molar-refractivity contribution in [3.05, 3.63) is 0 Å². The first-order valence-electron chi connectivity index (χ1n) is 4.14. The maximum atomic E-state index is 5.14. The number of anilines is 5. The van der Waals surface area contributed by atoms with Gasteiger partial charge in [0.25, 0.3) is 0 Å². The lowest BCUT2D eigenvalue weighted by Gasteiger charge is -1.93. The lowest BCUT2D eigenvalue weighted by molar-refractivity contribution is 1.03. The summed E-state index contributed by atoms with van der Waals surface area (Å²) < 4.78 is 1.00. The maximum absolute atomic E-state index is 5.14. The molecule has 92 valence electrons. The van der Waals surface area contributed by atoms with Gasteiger partial charge in [0.15, 0.2) is 0 Å². The Morgan fingerprint density at radius 1 is 0.647 bits per heavy atom. The van der Waals surface area contributed by atoms with Crippen LogP contribution in [0.2, 0.25) is 0 Å². The Bertz CT molecular complexity index is 432. The van der Waals surface area contributed by atoms with Crippen molar-refractivity contribution in [2.75, 3.05) is 34.5 Å². The Hall–Kier alpha value is -3.05. The van der Waals surface area contributed by atoms with Gasteiger partial charge in [-0.1, -0.05) is 0 Å². The fourth-order valence-corrected chi connectivity index (χ4v) is 0.743. The zero-order valence-electron chi connectivity index (χ0n) is 8.65. The minimum atomic E-state index is 0.0417. The molecule has 0 aromatic carbocycles. The quantitative estimate of drug-likeness (QED) is 0.251. The standard InChI is InChI=1S/C3H6N6.C2H6N6/c4-1-7-2(5)9-3(6)8-1;3-1-6-7-2(4)8(1)5/h(H6,4,5,6,7,8,9);5H2,(H2,3,6)(H2,4,7). The number of nitrogens with two attached hydrogens (primary N) is 6. The average Bonchev–Trinajstić information content (AvgIpc) is 2.48. The van der Waals surface area contributed by atoms with E-state index in [2.05, 4.69) is 25.1 Å². The molecule has 0 saturated heterocycles. The lowest BCUT2D eigenvalue weighted by Crippen LogP contribution is -2.14. The number of aromatic nitrogens is 6. The molecule has 2 rings (SSSR count). The third-order valence-electron chi connectivity index (χ3n) is 1.44. The molecular formula is C5H12N12. The van der Waals surface area contributed by atoms with Gasteiger partial charge in [0.2, 0.25) is 29.7 Å². The third kappa shape index (κ3) is 3.22. The van der Waals surface area contributed by atoms with E-state index >= 15 is 0 Å². The molecule has 0 aliphatic heterocycles. The van der Waals surface area contributed by atoms with E-state index in [0.717, 1.165) is 4.68 Å². The van der Waals surface area contributed by atoms with Gasteiger partial charge in [0, 0.05) is 0 Å². The molecule has 12 N–H and O–H groups in total. The molecule has 2 aromatic heterocycles. The molecule has 12 heteroatoms. The topological polar surface area (TPSA) is 226 Å². The van der Waals surface area contributed by atoms with Gasteiger partial charge in [-0.25, -0.2) is 0 Å². The van der Waals surface area contributed by atoms with E-state index in [1.165, 1.54) is 0 Å². The van der Waals surface area contributed by atoms with Crippen LogP contribution in [-0.4, -0.2) is 29.8 Å². The molecular weight excluding hydrogens is 228 g/mol. The molecule has 17 heavy (non-hydrogen) atoms. The second-order valence-electron chi connectivity index (χ2n) is 2.70. The van der Waals surface area contributed by atoms with Gasteiger partial charge in [-0.15, -0.1) is 10.2 Å². The summed E-state index contributed by atoms with van der Waals surface area (Å²) in [7, 11) is 0. The highest BCUT2D eigenvalue weighted by molar-refractivity contribution is 5.33. The van der Waals surface area contributed by atoms with Crippen molar-refractivity contribution >= 4 is 29.7 Å². The van der Waals surface area contributed by atoms with E-state index in [1.54, 1.807) is 0 Å². The molecule has 0 bridgehead atoms. The van der Waals surface area contributed by atoms with Gasteiger partial charge >= 0.3 is 0 Å². The van der Waals surface area contributed by atoms with Crippen molar-refractivity contribution in [2.45, 2.75) is 0 Å². The molecule has 0 saturated carbocycles. The maximum Gasteiger partial charge on any atom is 0.242 e. The van der Waals surface area contributed by atoms with Gasteiger partial charge in [-0.3, -0.25) is 0 Å². The van der Waals surface area contributed by atoms with Crippen molar-refractivity contribution in [2.24, 2.45) is 0 Å². The second kappa shape index (κ2) is 4.65. The van der Waals surface area contributed by atoms with Crippen molar-refractivity contribution in [1.82, 2.24) is 29.8 Å². The van der Waals surface area contributed by atoms with Crippen LogP contribution in [0, 0.1) is 0 Å². The van der Waals surface area contributed by atoms with Crippen LogP contribution in [-0.2, 0) is 0 Å². The summed E-state index contributed by atoms with van der Waals surface area (Å²) in [4.78, 5) is 10.5. The van der Waals surface area contributed by atoms with Gasteiger partial charge in [0.1, 0.15) is 0 Å². The zero-order chi connectivity index (χ0) is 13.0. The first-order chi connectivity index (χ1) is 7.90. The largest absolute Gasteiger partial charge is 0.368 e. The Balaban J connectivity index is 0.000000171. The molecule has 2 heterocycles. The summed E-state index contributed by atoms with van der Waals surface area (Å²) >= 11 is 0. The molecule has 0 fully saturated rings. The normalized spacial score (nSPS) is 9.41. The van der Waals surface area contributed by atoms with Crippen LogP contribution in [0.3, 0.4) is 0 Å². The lowest BCUT2D eigenvalue weighted by atomic mass is 10.9. The van der Waals surface area contributed by atoms with E-state index in [9.17, 15) is 0 Å². The van der Waals surface area contributed by atoms with Crippen LogP contribution in [0.1, 0.15) is 0 Å². The van der Waals surface area contributed by atoms with Crippen LogP contribution in [0.4, 0.5) is 29.7 Å². The Labute approximate surface area is 95.0 Å². The first-order valence-corrected chi connectivity index (χ1v) is 4.14. The van der Waals surface area contributed by atoms with E-state index < -0.39 is 0 Å². The van der Waals surface area contributed by atoms with Crippen molar-refractivity contribution in [3.63, 3.8) is 0 Å². The third-order valence-corrected chi connectivity index (χ3v) is 1.44. The SMILES string of the molecule is Nc1nc(N)nc(N)n1.Nc1nnc(N)n1N. The number of rotatable bonds is 0. The molecule has 0 unspecified atom stereocenters. The zero-order valence-corrected chi connectivity index (χ0v) is 8.65. The van der Waals surface area contributed by atoms with Crippen molar-refractivity contribution in [3.8, 4) is 0 Å². The van der Waals surface area contributed by atoms with Crippen LogP contribution >= 0.6 is 0 Å². The summed E-state index contributed by atoms with van der Waals surface area (Å²) in [6.07, 6.45) is 0. The minimum absolute atomic E-state index is 0.0417. The summed E-state index contributed by atoms with van der Waals surface area (Å²) in [6.45, 7) is 0. The van der Waals surface area contributed by atoms with Crippen molar-refractivity contribution in [1.29, 1.82) is 0 Å². The second-order valence-corrected chi connectivity index (χ2v) is 2.70. The van der Waals surface area contributed by atoms with E-state index in [1.807, 2.05) is 0 Å². The van der Waals surface area contributed by atoms with Gasteiger partial charge in [-0.2, -0.15) is 19.6 Å². The highest BCUT2D eigenvalue weighted by Crippen LogP contribution is 1.97. The predicted molar refractivity (Wildman–Crippen MR) is 62.1 cm³/mol. The molecule has 0 radical (unpaired) electrons. The van der Waals surface area contributed by atoms with E-state index in [0.29, 0.717) is 0 Å². The smallest absolute Gasteiger partial charge is 0.242 e. The molecule has 0 aliphatic rings. The predicted octanol–water partition coefficient (Wildman–Crippen LogP) is -3.23. The van der Waals surface area contributed by atoms with Crippen LogP contribution < -0.4 is 34.5 Å². The molecule has 0 atom stereocenters. The summed E-state index contributed by atoms with van der Waals surface area (Å²) in [5.41, 5.74) is 25.7. The molecule has 0 aliphatic carbocycles. The molecule has 2 aromatic rings. The highest BCUT2D eigenvalue weighted by atomic mass is 15.5.